The lowest BCUT2D eigenvalue weighted by molar-refractivity contribution is -0.136. The van der Waals surface area contributed by atoms with Gasteiger partial charge < -0.3 is 10.6 Å². The first-order chi connectivity index (χ1) is 13.0. The predicted molar refractivity (Wildman–Crippen MR) is 107 cm³/mol. The number of rotatable bonds is 6. The summed E-state index contributed by atoms with van der Waals surface area (Å²) in [6, 6.07) is 6.97. The molecule has 2 N–H and O–H groups in total. The highest BCUT2D eigenvalue weighted by atomic mass is 32.2. The van der Waals surface area contributed by atoms with Crippen LogP contribution in [-0.2, 0) is 9.59 Å². The van der Waals surface area contributed by atoms with Gasteiger partial charge in [-0.15, -0.1) is 18.3 Å². The van der Waals surface area contributed by atoms with E-state index in [-0.39, 0.29) is 24.3 Å². The Morgan fingerprint density at radius 2 is 2.19 bits per heavy atom. The van der Waals surface area contributed by atoms with E-state index in [0.717, 1.165) is 34.8 Å². The highest BCUT2D eigenvalue weighted by Gasteiger charge is 2.55. The minimum Gasteiger partial charge on any atom is -0.324 e. The van der Waals surface area contributed by atoms with Crippen LogP contribution in [0.15, 0.2) is 41.8 Å². The van der Waals surface area contributed by atoms with E-state index in [2.05, 4.69) is 17.2 Å². The van der Waals surface area contributed by atoms with E-state index in [1.54, 1.807) is 23.9 Å². The van der Waals surface area contributed by atoms with Crippen molar-refractivity contribution in [3.05, 3.63) is 36.9 Å². The Bertz CT molecular complexity index is 767. The van der Waals surface area contributed by atoms with Crippen LogP contribution in [0.4, 0.5) is 10.5 Å². The lowest BCUT2D eigenvalue weighted by atomic mass is 9.73. The molecular formula is C20H25N3O3S. The van der Waals surface area contributed by atoms with Gasteiger partial charge in [-0.3, -0.25) is 14.5 Å². The second-order valence-corrected chi connectivity index (χ2v) is 8.15. The quantitative estimate of drug-likeness (QED) is 0.445. The van der Waals surface area contributed by atoms with Crippen LogP contribution in [-0.4, -0.2) is 40.6 Å². The lowest BCUT2D eigenvalue weighted by Crippen LogP contribution is -2.54. The fraction of sp³-hybridized carbons (Fsp3) is 0.450. The zero-order valence-corrected chi connectivity index (χ0v) is 16.3. The van der Waals surface area contributed by atoms with Crippen molar-refractivity contribution in [1.82, 2.24) is 10.2 Å². The number of imide groups is 1. The minimum absolute atomic E-state index is 0.0757. The fourth-order valence-corrected chi connectivity index (χ4v) is 4.56. The van der Waals surface area contributed by atoms with E-state index in [0.29, 0.717) is 12.1 Å². The average Bonchev–Trinajstić information content (AvgIpc) is 2.88. The number of carbonyl (C=O) groups excluding carboxylic acids is 3. The molecule has 1 aliphatic heterocycles. The molecule has 1 aliphatic carbocycles. The Hall–Kier alpha value is -2.28. The molecule has 2 unspecified atom stereocenters. The van der Waals surface area contributed by atoms with Crippen LogP contribution < -0.4 is 10.6 Å². The second kappa shape index (κ2) is 8.17. The molecule has 3 rings (SSSR count). The van der Waals surface area contributed by atoms with Crippen LogP contribution in [0.2, 0.25) is 0 Å². The molecule has 2 fully saturated rings. The summed E-state index contributed by atoms with van der Waals surface area (Å²) >= 11 is 1.56. The molecule has 1 saturated heterocycles. The SMILES string of the molecule is C=CCSc1ccccc1NC(=O)CN1C(=O)NC2(CCCCC2C)C1=O. The zero-order chi connectivity index (χ0) is 19.4. The molecule has 1 saturated carbocycles. The number of nitrogens with zero attached hydrogens (tertiary/aromatic N) is 1. The summed E-state index contributed by atoms with van der Waals surface area (Å²) in [6.45, 7) is 5.42. The topological polar surface area (TPSA) is 78.5 Å². The van der Waals surface area contributed by atoms with Gasteiger partial charge in [0.2, 0.25) is 5.91 Å². The summed E-state index contributed by atoms with van der Waals surface area (Å²) in [4.78, 5) is 39.8. The van der Waals surface area contributed by atoms with Gasteiger partial charge in [0, 0.05) is 10.6 Å². The molecule has 27 heavy (non-hydrogen) atoms. The third-order valence-electron chi connectivity index (χ3n) is 5.32. The van der Waals surface area contributed by atoms with Crippen molar-refractivity contribution in [3.63, 3.8) is 0 Å². The van der Waals surface area contributed by atoms with Crippen molar-refractivity contribution in [1.29, 1.82) is 0 Å². The monoisotopic (exact) mass is 387 g/mol. The van der Waals surface area contributed by atoms with Crippen LogP contribution in [0, 0.1) is 5.92 Å². The molecule has 0 radical (unpaired) electrons. The average molecular weight is 388 g/mol. The first-order valence-electron chi connectivity index (χ1n) is 9.24. The van der Waals surface area contributed by atoms with Gasteiger partial charge in [0.05, 0.1) is 5.69 Å². The van der Waals surface area contributed by atoms with Crippen LogP contribution in [0.3, 0.4) is 0 Å². The van der Waals surface area contributed by atoms with Gasteiger partial charge in [-0.2, -0.15) is 0 Å². The van der Waals surface area contributed by atoms with Gasteiger partial charge in [0.25, 0.3) is 5.91 Å². The highest BCUT2D eigenvalue weighted by Crippen LogP contribution is 2.38. The Morgan fingerprint density at radius 1 is 1.41 bits per heavy atom. The molecule has 1 aromatic carbocycles. The second-order valence-electron chi connectivity index (χ2n) is 7.08. The van der Waals surface area contributed by atoms with Gasteiger partial charge in [-0.1, -0.05) is 38.0 Å². The van der Waals surface area contributed by atoms with Crippen molar-refractivity contribution >= 4 is 35.3 Å². The first-order valence-corrected chi connectivity index (χ1v) is 10.2. The number of para-hydroxylation sites is 1. The van der Waals surface area contributed by atoms with Gasteiger partial charge in [0.1, 0.15) is 12.1 Å². The molecule has 6 nitrogen and oxygen atoms in total. The van der Waals surface area contributed by atoms with Gasteiger partial charge in [-0.25, -0.2) is 4.79 Å². The maximum absolute atomic E-state index is 12.9. The molecule has 0 aromatic heterocycles. The van der Waals surface area contributed by atoms with E-state index >= 15 is 0 Å². The summed E-state index contributed by atoms with van der Waals surface area (Å²) in [5.41, 5.74) is -0.171. The maximum atomic E-state index is 12.9. The van der Waals surface area contributed by atoms with E-state index in [1.165, 1.54) is 0 Å². The number of carbonyl (C=O) groups is 3. The van der Waals surface area contributed by atoms with Gasteiger partial charge in [-0.05, 0) is 30.9 Å². The van der Waals surface area contributed by atoms with Crippen LogP contribution >= 0.6 is 11.8 Å². The molecule has 0 bridgehead atoms. The van der Waals surface area contributed by atoms with E-state index in [9.17, 15) is 14.4 Å². The molecule has 1 aromatic rings. The Morgan fingerprint density at radius 3 is 2.93 bits per heavy atom. The van der Waals surface area contributed by atoms with Crippen LogP contribution in [0.25, 0.3) is 0 Å². The number of hydrogen-bond donors (Lipinski definition) is 2. The number of anilines is 1. The third-order valence-corrected chi connectivity index (χ3v) is 6.39. The van der Waals surface area contributed by atoms with Crippen molar-refractivity contribution in [2.24, 2.45) is 5.92 Å². The number of thioether (sulfide) groups is 1. The standard InChI is InChI=1S/C20H25N3O3S/c1-3-12-27-16-10-5-4-9-15(16)21-17(24)13-23-18(25)20(22-19(23)26)11-7-6-8-14(20)2/h3-5,9-10,14H,1,6-8,11-13H2,2H3,(H,21,24)(H,22,26). The van der Waals surface area contributed by atoms with Crippen LogP contribution in [0.1, 0.15) is 32.6 Å². The number of benzene rings is 1. The van der Waals surface area contributed by atoms with Crippen molar-refractivity contribution in [2.45, 2.75) is 43.0 Å². The summed E-state index contributed by atoms with van der Waals surface area (Å²) in [7, 11) is 0. The number of hydrogen-bond acceptors (Lipinski definition) is 4. The van der Waals surface area contributed by atoms with E-state index in [1.807, 2.05) is 25.1 Å². The predicted octanol–water partition coefficient (Wildman–Crippen LogP) is 3.40. The molecule has 2 atom stereocenters. The minimum atomic E-state index is -0.840. The van der Waals surface area contributed by atoms with E-state index < -0.39 is 11.6 Å². The largest absolute Gasteiger partial charge is 0.325 e. The molecule has 4 amide bonds. The molecule has 144 valence electrons. The zero-order valence-electron chi connectivity index (χ0n) is 15.5. The normalized spacial score (nSPS) is 24.8. The number of urea groups is 1. The fourth-order valence-electron chi connectivity index (χ4n) is 3.82. The maximum Gasteiger partial charge on any atom is 0.325 e. The van der Waals surface area contributed by atoms with Crippen molar-refractivity contribution in [2.75, 3.05) is 17.6 Å². The first kappa shape index (κ1) is 19.5. The molecule has 7 heteroatoms. The number of amides is 4. The number of nitrogens with one attached hydrogen (secondary N) is 2. The summed E-state index contributed by atoms with van der Waals surface area (Å²) in [5.74, 6) is 0.141. The Kier molecular flexibility index (Phi) is 5.89. The Labute approximate surface area is 163 Å². The van der Waals surface area contributed by atoms with Crippen molar-refractivity contribution < 1.29 is 14.4 Å². The van der Waals surface area contributed by atoms with Gasteiger partial charge >= 0.3 is 6.03 Å². The molecule has 1 heterocycles. The highest BCUT2D eigenvalue weighted by molar-refractivity contribution is 7.99. The molecule has 2 aliphatic rings. The lowest BCUT2D eigenvalue weighted by Gasteiger charge is -2.36. The van der Waals surface area contributed by atoms with Crippen molar-refractivity contribution in [3.8, 4) is 0 Å². The summed E-state index contributed by atoms with van der Waals surface area (Å²) in [6.07, 6.45) is 5.30. The van der Waals surface area contributed by atoms with Gasteiger partial charge in [0.15, 0.2) is 0 Å². The molecule has 1 spiro atoms. The summed E-state index contributed by atoms with van der Waals surface area (Å²) < 4.78 is 0. The molecular weight excluding hydrogens is 362 g/mol. The summed E-state index contributed by atoms with van der Waals surface area (Å²) in [5, 5.41) is 5.69. The smallest absolute Gasteiger partial charge is 0.324 e. The van der Waals surface area contributed by atoms with E-state index in [4.69, 9.17) is 0 Å². The Balaban J connectivity index is 1.69. The third kappa shape index (κ3) is 3.88. The van der Waals surface area contributed by atoms with Crippen LogP contribution in [0.5, 0.6) is 0 Å².